The average molecular weight is 230 g/mol. The van der Waals surface area contributed by atoms with Crippen LogP contribution in [0, 0.1) is 5.92 Å². The number of hydrogen-bond acceptors (Lipinski definition) is 3. The van der Waals surface area contributed by atoms with E-state index in [4.69, 9.17) is 0 Å². The Kier molecular flexibility index (Phi) is 6.02. The maximum absolute atomic E-state index is 3.66. The lowest BCUT2D eigenvalue weighted by Gasteiger charge is -2.38. The van der Waals surface area contributed by atoms with Gasteiger partial charge in [-0.2, -0.15) is 11.8 Å². The smallest absolute Gasteiger partial charge is 0.0337 e. The van der Waals surface area contributed by atoms with E-state index in [-0.39, 0.29) is 0 Å². The molecule has 1 aliphatic heterocycles. The molecule has 0 bridgehead atoms. The Balaban J connectivity index is 2.51. The van der Waals surface area contributed by atoms with Gasteiger partial charge in [0.05, 0.1) is 0 Å². The highest BCUT2D eigenvalue weighted by Gasteiger charge is 2.27. The summed E-state index contributed by atoms with van der Waals surface area (Å²) in [6.45, 7) is 9.19. The van der Waals surface area contributed by atoms with Crippen molar-refractivity contribution in [3.05, 3.63) is 0 Å². The van der Waals surface area contributed by atoms with Gasteiger partial charge in [-0.15, -0.1) is 0 Å². The van der Waals surface area contributed by atoms with Crippen molar-refractivity contribution in [1.29, 1.82) is 0 Å². The van der Waals surface area contributed by atoms with Crippen LogP contribution in [0.3, 0.4) is 0 Å². The summed E-state index contributed by atoms with van der Waals surface area (Å²) in [4.78, 5) is 2.53. The van der Waals surface area contributed by atoms with Gasteiger partial charge in [-0.25, -0.2) is 0 Å². The molecule has 1 aliphatic rings. The number of nitrogens with one attached hydrogen (secondary N) is 1. The monoisotopic (exact) mass is 230 g/mol. The van der Waals surface area contributed by atoms with Gasteiger partial charge < -0.3 is 10.2 Å². The van der Waals surface area contributed by atoms with Crippen molar-refractivity contribution in [2.75, 3.05) is 31.6 Å². The molecule has 1 fully saturated rings. The van der Waals surface area contributed by atoms with Gasteiger partial charge in [-0.1, -0.05) is 20.8 Å². The Bertz CT molecular complexity index is 173. The largest absolute Gasteiger partial charge is 0.313 e. The molecule has 3 heteroatoms. The first-order valence-corrected chi connectivity index (χ1v) is 7.32. The van der Waals surface area contributed by atoms with Crippen LogP contribution in [0.5, 0.6) is 0 Å². The molecule has 1 N–H and O–H groups in total. The Morgan fingerprint density at radius 1 is 1.47 bits per heavy atom. The zero-order valence-electron chi connectivity index (χ0n) is 10.6. The van der Waals surface area contributed by atoms with Crippen LogP contribution in [0.15, 0.2) is 0 Å². The predicted molar refractivity (Wildman–Crippen MR) is 70.7 cm³/mol. The van der Waals surface area contributed by atoms with Crippen LogP contribution in [0.1, 0.15) is 27.2 Å². The molecule has 1 heterocycles. The Morgan fingerprint density at radius 2 is 2.20 bits per heavy atom. The number of likely N-dealkylation sites (N-methyl/N-ethyl adjacent to an activating group) is 2. The standard InChI is InChI=1S/C12H26N2S/c1-5-13-11(8-10(2)3)12-9-15-7-6-14(12)4/h10-13H,5-9H2,1-4H3. The van der Waals surface area contributed by atoms with E-state index in [1.54, 1.807) is 0 Å². The third-order valence-electron chi connectivity index (χ3n) is 3.10. The van der Waals surface area contributed by atoms with Crippen LogP contribution < -0.4 is 5.32 Å². The van der Waals surface area contributed by atoms with E-state index in [2.05, 4.69) is 49.8 Å². The third-order valence-corrected chi connectivity index (χ3v) is 4.15. The van der Waals surface area contributed by atoms with Crippen molar-refractivity contribution in [1.82, 2.24) is 10.2 Å². The lowest BCUT2D eigenvalue weighted by atomic mass is 9.97. The first kappa shape index (κ1) is 13.3. The minimum Gasteiger partial charge on any atom is -0.313 e. The molecule has 90 valence electrons. The molecular formula is C12H26N2S. The second-order valence-electron chi connectivity index (χ2n) is 4.92. The molecule has 2 unspecified atom stereocenters. The van der Waals surface area contributed by atoms with Gasteiger partial charge in [0, 0.05) is 30.1 Å². The topological polar surface area (TPSA) is 15.3 Å². The molecule has 2 nitrogen and oxygen atoms in total. The number of hydrogen-bond donors (Lipinski definition) is 1. The molecular weight excluding hydrogens is 204 g/mol. The lowest BCUT2D eigenvalue weighted by molar-refractivity contribution is 0.199. The zero-order valence-corrected chi connectivity index (χ0v) is 11.4. The quantitative estimate of drug-likeness (QED) is 0.778. The second kappa shape index (κ2) is 6.77. The van der Waals surface area contributed by atoms with Gasteiger partial charge >= 0.3 is 0 Å². The summed E-state index contributed by atoms with van der Waals surface area (Å²) in [5.74, 6) is 3.38. The molecule has 0 aromatic carbocycles. The summed E-state index contributed by atoms with van der Waals surface area (Å²) in [5, 5.41) is 3.66. The van der Waals surface area contributed by atoms with E-state index in [0.29, 0.717) is 6.04 Å². The highest BCUT2D eigenvalue weighted by atomic mass is 32.2. The SMILES string of the molecule is CCNC(CC(C)C)C1CSCCN1C. The molecule has 0 spiro atoms. The number of rotatable bonds is 5. The molecule has 1 saturated heterocycles. The van der Waals surface area contributed by atoms with E-state index in [9.17, 15) is 0 Å². The lowest BCUT2D eigenvalue weighted by Crippen LogP contribution is -2.53. The van der Waals surface area contributed by atoms with E-state index in [1.807, 2.05) is 0 Å². The van der Waals surface area contributed by atoms with Gasteiger partial charge in [-0.3, -0.25) is 0 Å². The van der Waals surface area contributed by atoms with Crippen LogP contribution >= 0.6 is 11.8 Å². The van der Waals surface area contributed by atoms with Crippen LogP contribution in [0.4, 0.5) is 0 Å². The van der Waals surface area contributed by atoms with Crippen LogP contribution in [0.25, 0.3) is 0 Å². The summed E-state index contributed by atoms with van der Waals surface area (Å²) in [6, 6.07) is 1.40. The van der Waals surface area contributed by atoms with Crippen molar-refractivity contribution in [3.8, 4) is 0 Å². The van der Waals surface area contributed by atoms with Crippen molar-refractivity contribution in [3.63, 3.8) is 0 Å². The van der Waals surface area contributed by atoms with Gasteiger partial charge in [0.25, 0.3) is 0 Å². The highest BCUT2D eigenvalue weighted by molar-refractivity contribution is 7.99. The normalized spacial score (nSPS) is 25.8. The van der Waals surface area contributed by atoms with E-state index >= 15 is 0 Å². The molecule has 0 amide bonds. The second-order valence-corrected chi connectivity index (χ2v) is 6.07. The fourth-order valence-corrected chi connectivity index (χ4v) is 3.59. The van der Waals surface area contributed by atoms with Crippen LogP contribution in [0.2, 0.25) is 0 Å². The Hall–Kier alpha value is 0.270. The fraction of sp³-hybridized carbons (Fsp3) is 1.00. The molecule has 15 heavy (non-hydrogen) atoms. The summed E-state index contributed by atoms with van der Waals surface area (Å²) >= 11 is 2.11. The minimum absolute atomic E-state index is 0.674. The van der Waals surface area contributed by atoms with Crippen molar-refractivity contribution in [2.24, 2.45) is 5.92 Å². The van der Waals surface area contributed by atoms with Gasteiger partial charge in [0.1, 0.15) is 0 Å². The number of thioether (sulfide) groups is 1. The fourth-order valence-electron chi connectivity index (χ4n) is 2.28. The zero-order chi connectivity index (χ0) is 11.3. The predicted octanol–water partition coefficient (Wildman–Crippen LogP) is 2.06. The van der Waals surface area contributed by atoms with Crippen molar-refractivity contribution >= 4 is 11.8 Å². The molecule has 2 atom stereocenters. The van der Waals surface area contributed by atoms with E-state index in [0.717, 1.165) is 18.5 Å². The minimum atomic E-state index is 0.674. The number of nitrogens with zero attached hydrogens (tertiary/aromatic N) is 1. The third kappa shape index (κ3) is 4.33. The van der Waals surface area contributed by atoms with E-state index in [1.165, 1.54) is 24.5 Å². The first-order chi connectivity index (χ1) is 7.15. The van der Waals surface area contributed by atoms with Crippen molar-refractivity contribution in [2.45, 2.75) is 39.3 Å². The Labute approximate surface area is 99.2 Å². The Morgan fingerprint density at radius 3 is 2.73 bits per heavy atom. The summed E-state index contributed by atoms with van der Waals surface area (Å²) in [5.41, 5.74) is 0. The van der Waals surface area contributed by atoms with Gasteiger partial charge in [0.2, 0.25) is 0 Å². The van der Waals surface area contributed by atoms with E-state index < -0.39 is 0 Å². The molecule has 0 aromatic rings. The summed E-state index contributed by atoms with van der Waals surface area (Å²) < 4.78 is 0. The van der Waals surface area contributed by atoms with Crippen molar-refractivity contribution < 1.29 is 0 Å². The first-order valence-electron chi connectivity index (χ1n) is 6.16. The maximum atomic E-state index is 3.66. The molecule has 1 rings (SSSR count). The van der Waals surface area contributed by atoms with Crippen LogP contribution in [-0.2, 0) is 0 Å². The average Bonchev–Trinajstić information content (AvgIpc) is 2.17. The molecule has 0 aromatic heterocycles. The molecule has 0 aliphatic carbocycles. The molecule has 0 radical (unpaired) electrons. The van der Waals surface area contributed by atoms with Crippen LogP contribution in [-0.4, -0.2) is 48.6 Å². The summed E-state index contributed by atoms with van der Waals surface area (Å²) in [6.07, 6.45) is 1.30. The molecule has 0 saturated carbocycles. The summed E-state index contributed by atoms with van der Waals surface area (Å²) in [7, 11) is 2.27. The maximum Gasteiger partial charge on any atom is 0.0337 e. The van der Waals surface area contributed by atoms with Gasteiger partial charge in [-0.05, 0) is 25.9 Å². The highest BCUT2D eigenvalue weighted by Crippen LogP contribution is 2.20. The van der Waals surface area contributed by atoms with Gasteiger partial charge in [0.15, 0.2) is 0 Å².